The van der Waals surface area contributed by atoms with Gasteiger partial charge in [0, 0.05) is 25.1 Å². The van der Waals surface area contributed by atoms with Gasteiger partial charge in [-0.15, -0.1) is 0 Å². The van der Waals surface area contributed by atoms with Crippen LogP contribution in [0.2, 0.25) is 0 Å². The van der Waals surface area contributed by atoms with E-state index in [1.165, 1.54) is 4.90 Å². The van der Waals surface area contributed by atoms with E-state index in [4.69, 9.17) is 9.47 Å². The lowest BCUT2D eigenvalue weighted by molar-refractivity contribution is -0.147. The highest BCUT2D eigenvalue weighted by molar-refractivity contribution is 5.99. The summed E-state index contributed by atoms with van der Waals surface area (Å²) in [4.78, 5) is 39.2. The minimum atomic E-state index is -0.892. The first-order valence-electron chi connectivity index (χ1n) is 10.5. The highest BCUT2D eigenvalue weighted by Crippen LogP contribution is 2.18. The molecule has 0 aliphatic carbocycles. The third-order valence-electron chi connectivity index (χ3n) is 4.92. The van der Waals surface area contributed by atoms with Crippen LogP contribution < -0.4 is 10.1 Å². The fourth-order valence-electron chi connectivity index (χ4n) is 3.42. The number of carbonyl (C=O) groups excluding carboxylic acids is 3. The standard InChI is InChI=1S/C24H28N2O5/c1-17(2)31-20-10-8-19(9-11-20)24(29)26-14-13-25-23(28)21(26)16-22(27)30-15-12-18-6-4-3-5-7-18/h3-11,17,21H,12-16H2,1-2H3,(H,25,28). The molecule has 0 radical (unpaired) electrons. The third-order valence-corrected chi connectivity index (χ3v) is 4.92. The molecule has 2 aromatic carbocycles. The number of rotatable bonds is 8. The number of benzene rings is 2. The van der Waals surface area contributed by atoms with Crippen LogP contribution in [0.5, 0.6) is 5.75 Å². The Kier molecular flexibility index (Phi) is 7.65. The molecule has 1 unspecified atom stereocenters. The van der Waals surface area contributed by atoms with E-state index in [0.717, 1.165) is 5.56 Å². The minimum absolute atomic E-state index is 0.0321. The predicted molar refractivity (Wildman–Crippen MR) is 116 cm³/mol. The number of nitrogens with one attached hydrogen (secondary N) is 1. The van der Waals surface area contributed by atoms with Crippen molar-refractivity contribution >= 4 is 17.8 Å². The molecule has 0 spiro atoms. The topological polar surface area (TPSA) is 84.9 Å². The van der Waals surface area contributed by atoms with Gasteiger partial charge in [-0.25, -0.2) is 0 Å². The summed E-state index contributed by atoms with van der Waals surface area (Å²) < 4.78 is 10.9. The van der Waals surface area contributed by atoms with Crippen LogP contribution in [0.3, 0.4) is 0 Å². The van der Waals surface area contributed by atoms with Crippen LogP contribution in [-0.4, -0.2) is 54.5 Å². The first kappa shape index (κ1) is 22.3. The number of piperazine rings is 1. The van der Waals surface area contributed by atoms with Crippen LogP contribution in [0, 0.1) is 0 Å². The summed E-state index contributed by atoms with van der Waals surface area (Å²) in [6.07, 6.45) is 0.447. The van der Waals surface area contributed by atoms with Crippen LogP contribution in [-0.2, 0) is 20.7 Å². The van der Waals surface area contributed by atoms with Gasteiger partial charge in [-0.2, -0.15) is 0 Å². The van der Waals surface area contributed by atoms with E-state index in [2.05, 4.69) is 5.32 Å². The van der Waals surface area contributed by atoms with Crippen LogP contribution in [0.1, 0.15) is 36.2 Å². The maximum Gasteiger partial charge on any atom is 0.308 e. The van der Waals surface area contributed by atoms with Crippen molar-refractivity contribution in [2.45, 2.75) is 38.8 Å². The molecule has 3 rings (SSSR count). The lowest BCUT2D eigenvalue weighted by Crippen LogP contribution is -2.57. The molecule has 7 heteroatoms. The number of carbonyl (C=O) groups is 3. The van der Waals surface area contributed by atoms with Gasteiger partial charge in [-0.05, 0) is 43.7 Å². The molecule has 2 aromatic rings. The summed E-state index contributed by atoms with van der Waals surface area (Å²) in [5, 5.41) is 2.73. The van der Waals surface area contributed by atoms with Crippen molar-refractivity contribution < 1.29 is 23.9 Å². The van der Waals surface area contributed by atoms with Gasteiger partial charge in [0.1, 0.15) is 11.8 Å². The normalized spacial score (nSPS) is 16.0. The van der Waals surface area contributed by atoms with E-state index < -0.39 is 12.0 Å². The Balaban J connectivity index is 1.60. The van der Waals surface area contributed by atoms with Crippen LogP contribution in [0.4, 0.5) is 0 Å². The number of hydrogen-bond acceptors (Lipinski definition) is 5. The van der Waals surface area contributed by atoms with Crippen molar-refractivity contribution in [1.29, 1.82) is 0 Å². The molecule has 0 bridgehead atoms. The number of ether oxygens (including phenoxy) is 2. The van der Waals surface area contributed by atoms with Crippen LogP contribution in [0.15, 0.2) is 54.6 Å². The van der Waals surface area contributed by atoms with Crippen molar-refractivity contribution in [2.75, 3.05) is 19.7 Å². The number of nitrogens with zero attached hydrogens (tertiary/aromatic N) is 1. The second-order valence-corrected chi connectivity index (χ2v) is 7.66. The Morgan fingerprint density at radius 2 is 1.81 bits per heavy atom. The molecule has 0 aromatic heterocycles. The fraction of sp³-hybridized carbons (Fsp3) is 0.375. The number of esters is 1. The average molecular weight is 424 g/mol. The Hall–Kier alpha value is -3.35. The molecule has 1 atom stereocenters. The molecular formula is C24H28N2O5. The van der Waals surface area contributed by atoms with Crippen molar-refractivity contribution in [3.05, 3.63) is 65.7 Å². The Morgan fingerprint density at radius 3 is 2.48 bits per heavy atom. The molecule has 2 amide bonds. The maximum atomic E-state index is 13.0. The number of amides is 2. The highest BCUT2D eigenvalue weighted by Gasteiger charge is 2.35. The predicted octanol–water partition coefficient (Wildman–Crippen LogP) is 2.59. The van der Waals surface area contributed by atoms with Gasteiger partial charge < -0.3 is 19.7 Å². The van der Waals surface area contributed by atoms with Gasteiger partial charge in [0.05, 0.1) is 19.1 Å². The van der Waals surface area contributed by atoms with Gasteiger partial charge >= 0.3 is 5.97 Å². The van der Waals surface area contributed by atoms with E-state index in [-0.39, 0.29) is 30.9 Å². The molecule has 1 aliphatic rings. The first-order valence-corrected chi connectivity index (χ1v) is 10.5. The second kappa shape index (κ2) is 10.6. The minimum Gasteiger partial charge on any atom is -0.491 e. The van der Waals surface area contributed by atoms with Crippen molar-refractivity contribution in [2.24, 2.45) is 0 Å². The monoisotopic (exact) mass is 424 g/mol. The molecule has 1 fully saturated rings. The summed E-state index contributed by atoms with van der Waals surface area (Å²) in [6.45, 7) is 4.75. The molecule has 164 valence electrons. The Labute approximate surface area is 182 Å². The van der Waals surface area contributed by atoms with Crippen LogP contribution >= 0.6 is 0 Å². The highest BCUT2D eigenvalue weighted by atomic mass is 16.5. The summed E-state index contributed by atoms with van der Waals surface area (Å²) in [5.74, 6) is -0.481. The van der Waals surface area contributed by atoms with Crippen molar-refractivity contribution in [3.8, 4) is 5.75 Å². The molecule has 31 heavy (non-hydrogen) atoms. The molecule has 1 N–H and O–H groups in total. The largest absolute Gasteiger partial charge is 0.491 e. The molecule has 7 nitrogen and oxygen atoms in total. The quantitative estimate of drug-likeness (QED) is 0.659. The number of hydrogen-bond donors (Lipinski definition) is 1. The summed E-state index contributed by atoms with van der Waals surface area (Å²) in [7, 11) is 0. The SMILES string of the molecule is CC(C)Oc1ccc(C(=O)N2CCNC(=O)C2CC(=O)OCCc2ccccc2)cc1. The lowest BCUT2D eigenvalue weighted by atomic mass is 10.1. The third kappa shape index (κ3) is 6.31. The Bertz CT molecular complexity index is 896. The molecule has 1 saturated heterocycles. The smallest absolute Gasteiger partial charge is 0.308 e. The van der Waals surface area contributed by atoms with E-state index in [9.17, 15) is 14.4 Å². The molecule has 1 aliphatic heterocycles. The zero-order chi connectivity index (χ0) is 22.2. The molecule has 0 saturated carbocycles. The summed E-state index contributed by atoms with van der Waals surface area (Å²) in [6, 6.07) is 15.6. The van der Waals surface area contributed by atoms with Gasteiger partial charge in [0.2, 0.25) is 5.91 Å². The van der Waals surface area contributed by atoms with E-state index in [1.54, 1.807) is 24.3 Å². The van der Waals surface area contributed by atoms with Crippen molar-refractivity contribution in [3.63, 3.8) is 0 Å². The summed E-state index contributed by atoms with van der Waals surface area (Å²) in [5.41, 5.74) is 1.50. The molecule has 1 heterocycles. The van der Waals surface area contributed by atoms with Gasteiger partial charge in [0.15, 0.2) is 0 Å². The second-order valence-electron chi connectivity index (χ2n) is 7.66. The summed E-state index contributed by atoms with van der Waals surface area (Å²) >= 11 is 0. The van der Waals surface area contributed by atoms with Gasteiger partial charge in [-0.3, -0.25) is 14.4 Å². The fourth-order valence-corrected chi connectivity index (χ4v) is 3.42. The zero-order valence-electron chi connectivity index (χ0n) is 17.9. The van der Waals surface area contributed by atoms with E-state index >= 15 is 0 Å². The van der Waals surface area contributed by atoms with Gasteiger partial charge in [0.25, 0.3) is 5.91 Å². The first-order chi connectivity index (χ1) is 14.9. The van der Waals surface area contributed by atoms with E-state index in [1.807, 2.05) is 44.2 Å². The molecular weight excluding hydrogens is 396 g/mol. The lowest BCUT2D eigenvalue weighted by Gasteiger charge is -2.34. The van der Waals surface area contributed by atoms with Crippen molar-refractivity contribution in [1.82, 2.24) is 10.2 Å². The average Bonchev–Trinajstić information content (AvgIpc) is 2.75. The van der Waals surface area contributed by atoms with E-state index in [0.29, 0.717) is 30.8 Å². The Morgan fingerprint density at radius 1 is 1.10 bits per heavy atom. The zero-order valence-corrected chi connectivity index (χ0v) is 17.9. The maximum absolute atomic E-state index is 13.0. The van der Waals surface area contributed by atoms with Crippen LogP contribution in [0.25, 0.3) is 0 Å². The van der Waals surface area contributed by atoms with Gasteiger partial charge in [-0.1, -0.05) is 30.3 Å².